The smallest absolute Gasteiger partial charge is 0.278 e. The third-order valence-corrected chi connectivity index (χ3v) is 6.26. The minimum Gasteiger partial charge on any atom is -0.497 e. The largest absolute Gasteiger partial charge is 0.497 e. The summed E-state index contributed by atoms with van der Waals surface area (Å²) in [4.78, 5) is 28.7. The lowest BCUT2D eigenvalue weighted by Gasteiger charge is -2.40. The number of methoxy groups -OCH3 is 1. The Bertz CT molecular complexity index is 658. The first kappa shape index (κ1) is 20.6. The number of hydrogen-bond donors (Lipinski definition) is 2. The fourth-order valence-electron chi connectivity index (χ4n) is 4.58. The van der Waals surface area contributed by atoms with Crippen LogP contribution in [0, 0.1) is 0 Å². The van der Waals surface area contributed by atoms with Gasteiger partial charge in [-0.1, -0.05) is 0 Å². The summed E-state index contributed by atoms with van der Waals surface area (Å²) < 4.78 is 5.13. The molecule has 2 fully saturated rings. The van der Waals surface area contributed by atoms with Gasteiger partial charge in [-0.15, -0.1) is 0 Å². The Morgan fingerprint density at radius 3 is 2.25 bits per heavy atom. The molecule has 0 aromatic heterocycles. The van der Waals surface area contributed by atoms with Crippen molar-refractivity contribution in [1.82, 2.24) is 10.2 Å². The molecule has 154 valence electrons. The standard InChI is InChI=1S/C22H33N3O3/c1-16-5-4-6-17(2)25(16)21(26)15-24-13-11-19(12-14-24)23-22(27)18-7-9-20(28-3)10-8-18/h7-10,16-17,19H,4-6,11-15H2,1-3H3,(H,23,27)/p+1/t16-,17-/m0/s1. The Hall–Kier alpha value is -2.08. The third-order valence-electron chi connectivity index (χ3n) is 6.26. The van der Waals surface area contributed by atoms with E-state index in [-0.39, 0.29) is 17.9 Å². The number of nitrogens with one attached hydrogen (secondary N) is 2. The van der Waals surface area contributed by atoms with Crippen molar-refractivity contribution in [3.63, 3.8) is 0 Å². The van der Waals surface area contributed by atoms with Crippen molar-refractivity contribution in [2.75, 3.05) is 26.7 Å². The number of ether oxygens (including phenoxy) is 1. The lowest BCUT2D eigenvalue weighted by Crippen LogP contribution is -3.14. The van der Waals surface area contributed by atoms with E-state index < -0.39 is 0 Å². The summed E-state index contributed by atoms with van der Waals surface area (Å²) in [6.07, 6.45) is 5.28. The molecule has 0 spiro atoms. The number of hydrogen-bond acceptors (Lipinski definition) is 3. The maximum absolute atomic E-state index is 12.8. The van der Waals surface area contributed by atoms with Crippen LogP contribution in [0.3, 0.4) is 0 Å². The molecule has 3 rings (SSSR count). The Labute approximate surface area is 168 Å². The molecule has 0 saturated carbocycles. The molecule has 2 atom stereocenters. The van der Waals surface area contributed by atoms with E-state index in [2.05, 4.69) is 24.1 Å². The SMILES string of the molecule is COc1ccc(C(=O)NC2CC[NH+](CC(=O)N3[C@@H](C)CCC[C@@H]3C)CC2)cc1. The molecule has 1 aromatic rings. The first-order valence-electron chi connectivity index (χ1n) is 10.6. The highest BCUT2D eigenvalue weighted by atomic mass is 16.5. The van der Waals surface area contributed by atoms with Crippen molar-refractivity contribution >= 4 is 11.8 Å². The van der Waals surface area contributed by atoms with Crippen LogP contribution in [-0.4, -0.2) is 61.6 Å². The van der Waals surface area contributed by atoms with E-state index in [0.29, 0.717) is 24.2 Å². The average Bonchev–Trinajstić information content (AvgIpc) is 2.69. The first-order valence-corrected chi connectivity index (χ1v) is 10.6. The normalized spacial score (nSPS) is 27.9. The predicted octanol–water partition coefficient (Wildman–Crippen LogP) is 1.26. The molecule has 2 amide bonds. The predicted molar refractivity (Wildman–Crippen MR) is 109 cm³/mol. The van der Waals surface area contributed by atoms with Gasteiger partial charge >= 0.3 is 0 Å². The van der Waals surface area contributed by atoms with Gasteiger partial charge in [0.2, 0.25) is 0 Å². The zero-order valence-corrected chi connectivity index (χ0v) is 17.4. The van der Waals surface area contributed by atoms with Gasteiger partial charge in [0.15, 0.2) is 6.54 Å². The minimum absolute atomic E-state index is 0.0388. The van der Waals surface area contributed by atoms with Gasteiger partial charge in [0.05, 0.1) is 20.2 Å². The van der Waals surface area contributed by atoms with Crippen LogP contribution in [-0.2, 0) is 4.79 Å². The number of carbonyl (C=O) groups excluding carboxylic acids is 2. The fraction of sp³-hybridized carbons (Fsp3) is 0.636. The molecule has 28 heavy (non-hydrogen) atoms. The van der Waals surface area contributed by atoms with Gasteiger partial charge in [-0.25, -0.2) is 0 Å². The van der Waals surface area contributed by atoms with Crippen LogP contribution in [0.1, 0.15) is 56.3 Å². The molecule has 1 aromatic carbocycles. The van der Waals surface area contributed by atoms with Crippen molar-refractivity contribution in [3.8, 4) is 5.75 Å². The topological polar surface area (TPSA) is 63.1 Å². The zero-order valence-electron chi connectivity index (χ0n) is 17.4. The summed E-state index contributed by atoms with van der Waals surface area (Å²) in [5.41, 5.74) is 0.652. The molecule has 0 bridgehead atoms. The van der Waals surface area contributed by atoms with E-state index in [1.165, 1.54) is 11.3 Å². The lowest BCUT2D eigenvalue weighted by atomic mass is 9.97. The molecule has 2 aliphatic rings. The van der Waals surface area contributed by atoms with E-state index in [9.17, 15) is 9.59 Å². The molecule has 0 unspecified atom stereocenters. The van der Waals surface area contributed by atoms with Gasteiger partial charge in [-0.3, -0.25) is 9.59 Å². The van der Waals surface area contributed by atoms with Crippen LogP contribution >= 0.6 is 0 Å². The minimum atomic E-state index is -0.0388. The first-order chi connectivity index (χ1) is 13.5. The summed E-state index contributed by atoms with van der Waals surface area (Å²) in [5, 5.41) is 3.14. The molecular weight excluding hydrogens is 354 g/mol. The van der Waals surface area contributed by atoms with Gasteiger partial charge in [0.25, 0.3) is 11.8 Å². The molecular formula is C22H34N3O3+. The van der Waals surface area contributed by atoms with Gasteiger partial charge in [0, 0.05) is 36.5 Å². The Morgan fingerprint density at radius 2 is 1.68 bits per heavy atom. The molecule has 2 aliphatic heterocycles. The van der Waals surface area contributed by atoms with Gasteiger partial charge in [-0.05, 0) is 57.4 Å². The van der Waals surface area contributed by atoms with Crippen molar-refractivity contribution in [2.45, 2.75) is 64.1 Å². The average molecular weight is 389 g/mol. The van der Waals surface area contributed by atoms with Crippen molar-refractivity contribution in [2.24, 2.45) is 0 Å². The third kappa shape index (κ3) is 5.04. The van der Waals surface area contributed by atoms with E-state index in [1.807, 2.05) is 0 Å². The number of piperidine rings is 2. The second-order valence-corrected chi connectivity index (χ2v) is 8.33. The van der Waals surface area contributed by atoms with Crippen molar-refractivity contribution in [1.29, 1.82) is 0 Å². The van der Waals surface area contributed by atoms with Gasteiger partial charge in [0.1, 0.15) is 5.75 Å². The summed E-state index contributed by atoms with van der Waals surface area (Å²) >= 11 is 0. The van der Waals surface area contributed by atoms with Gasteiger partial charge < -0.3 is 19.9 Å². The highest BCUT2D eigenvalue weighted by Crippen LogP contribution is 2.22. The van der Waals surface area contributed by atoms with Crippen LogP contribution < -0.4 is 15.0 Å². The Kier molecular flexibility index (Phi) is 6.94. The zero-order chi connectivity index (χ0) is 20.1. The van der Waals surface area contributed by atoms with Crippen LogP contribution in [0.4, 0.5) is 0 Å². The molecule has 0 radical (unpaired) electrons. The van der Waals surface area contributed by atoms with Crippen LogP contribution in [0.25, 0.3) is 0 Å². The van der Waals surface area contributed by atoms with E-state index in [0.717, 1.165) is 44.5 Å². The number of quaternary nitrogens is 1. The number of likely N-dealkylation sites (tertiary alicyclic amines) is 2. The second-order valence-electron chi connectivity index (χ2n) is 8.33. The number of nitrogens with zero attached hydrogens (tertiary/aromatic N) is 1. The maximum Gasteiger partial charge on any atom is 0.278 e. The summed E-state index contributed by atoms with van der Waals surface area (Å²) in [6.45, 7) is 6.77. The van der Waals surface area contributed by atoms with Crippen LogP contribution in [0.15, 0.2) is 24.3 Å². The number of benzene rings is 1. The van der Waals surface area contributed by atoms with Crippen LogP contribution in [0.5, 0.6) is 5.75 Å². The van der Waals surface area contributed by atoms with Crippen molar-refractivity contribution in [3.05, 3.63) is 29.8 Å². The van der Waals surface area contributed by atoms with Crippen LogP contribution in [0.2, 0.25) is 0 Å². The quantitative estimate of drug-likeness (QED) is 0.798. The number of carbonyl (C=O) groups is 2. The molecule has 6 heteroatoms. The second kappa shape index (κ2) is 9.41. The number of rotatable bonds is 5. The summed E-state index contributed by atoms with van der Waals surface area (Å²) in [5.74, 6) is 0.994. The molecule has 0 aliphatic carbocycles. The van der Waals surface area contributed by atoms with Gasteiger partial charge in [-0.2, -0.15) is 0 Å². The molecule has 2 saturated heterocycles. The summed E-state index contributed by atoms with van der Waals surface area (Å²) in [7, 11) is 1.61. The van der Waals surface area contributed by atoms with E-state index in [1.54, 1.807) is 31.4 Å². The lowest BCUT2D eigenvalue weighted by molar-refractivity contribution is -0.897. The number of amides is 2. The highest BCUT2D eigenvalue weighted by Gasteiger charge is 2.32. The maximum atomic E-state index is 12.8. The fourth-order valence-corrected chi connectivity index (χ4v) is 4.58. The van der Waals surface area contributed by atoms with E-state index >= 15 is 0 Å². The Morgan fingerprint density at radius 1 is 1.07 bits per heavy atom. The summed E-state index contributed by atoms with van der Waals surface area (Å²) in [6, 6.07) is 8.07. The molecule has 2 N–H and O–H groups in total. The van der Waals surface area contributed by atoms with E-state index in [4.69, 9.17) is 4.74 Å². The monoisotopic (exact) mass is 388 g/mol. The molecule has 6 nitrogen and oxygen atoms in total. The molecule has 2 heterocycles. The Balaban J connectivity index is 1.45. The highest BCUT2D eigenvalue weighted by molar-refractivity contribution is 5.94. The van der Waals surface area contributed by atoms with Crippen molar-refractivity contribution < 1.29 is 19.2 Å².